The van der Waals surface area contributed by atoms with Crippen LogP contribution in [0.5, 0.6) is 0 Å². The lowest BCUT2D eigenvalue weighted by atomic mass is 9.92. The van der Waals surface area contributed by atoms with Gasteiger partial charge < -0.3 is 14.4 Å². The zero-order chi connectivity index (χ0) is 24.5. The minimum absolute atomic E-state index is 0.0322. The number of carbonyl (C=O) groups excluding carboxylic acids is 1. The number of H-pyrrole nitrogens is 2. The molecular weight excluding hydrogens is 437 g/mol. The van der Waals surface area contributed by atoms with Crippen molar-refractivity contribution in [2.24, 2.45) is 0 Å². The molecule has 34 heavy (non-hydrogen) atoms. The first-order chi connectivity index (χ1) is 16.1. The maximum atomic E-state index is 13.1. The first kappa shape index (κ1) is 22.8. The number of rotatable bonds is 4. The highest BCUT2D eigenvalue weighted by Gasteiger charge is 2.22. The van der Waals surface area contributed by atoms with E-state index in [0.29, 0.717) is 28.1 Å². The molecule has 172 valence electrons. The lowest BCUT2D eigenvalue weighted by molar-refractivity contribution is 0.103. The molecule has 7 nitrogen and oxygen atoms in total. The molecule has 0 spiro atoms. The van der Waals surface area contributed by atoms with Crippen LogP contribution in [0.3, 0.4) is 0 Å². The van der Waals surface area contributed by atoms with Crippen LogP contribution in [-0.4, -0.2) is 20.7 Å². The van der Waals surface area contributed by atoms with Gasteiger partial charge >= 0.3 is 0 Å². The molecule has 2 aromatic heterocycles. The molecule has 0 radical (unpaired) electrons. The van der Waals surface area contributed by atoms with Crippen molar-refractivity contribution in [2.45, 2.75) is 26.2 Å². The molecule has 4 rings (SSSR count). The Morgan fingerprint density at radius 2 is 1.59 bits per heavy atom. The summed E-state index contributed by atoms with van der Waals surface area (Å²) in [6, 6.07) is 11.8. The van der Waals surface area contributed by atoms with Gasteiger partial charge in [-0.25, -0.2) is 9.37 Å². The predicted octanol–water partition coefficient (Wildman–Crippen LogP) is 2.38. The molecule has 2 aromatic carbocycles. The lowest BCUT2D eigenvalue weighted by Crippen LogP contribution is -2.46. The maximum Gasteiger partial charge on any atom is 0.272 e. The number of benzene rings is 2. The summed E-state index contributed by atoms with van der Waals surface area (Å²) in [5.74, 6) is -0.128. The quantitative estimate of drug-likeness (QED) is 0.456. The van der Waals surface area contributed by atoms with E-state index in [1.807, 2.05) is 20.8 Å². The predicted molar refractivity (Wildman–Crippen MR) is 126 cm³/mol. The first-order valence-corrected chi connectivity index (χ1v) is 10.5. The van der Waals surface area contributed by atoms with Crippen LogP contribution in [0.2, 0.25) is 0 Å². The van der Waals surface area contributed by atoms with Crippen LogP contribution in [0, 0.1) is 5.82 Å². The Morgan fingerprint density at radius 3 is 2.24 bits per heavy atom. The Hall–Kier alpha value is -4.33. The van der Waals surface area contributed by atoms with Gasteiger partial charge in [0.25, 0.3) is 11.1 Å². The number of aromatic nitrogens is 3. The molecule has 0 aliphatic rings. The number of oxazole rings is 1. The normalized spacial score (nSPS) is 12.8. The van der Waals surface area contributed by atoms with Crippen molar-refractivity contribution in [1.82, 2.24) is 15.0 Å². The van der Waals surface area contributed by atoms with Gasteiger partial charge in [-0.15, -0.1) is 0 Å². The molecule has 0 amide bonds. The van der Waals surface area contributed by atoms with Crippen molar-refractivity contribution in [3.05, 3.63) is 120 Å². The number of aromatic amines is 2. The Kier molecular flexibility index (Phi) is 5.98. The van der Waals surface area contributed by atoms with Crippen molar-refractivity contribution in [3.8, 4) is 0 Å². The van der Waals surface area contributed by atoms with Crippen LogP contribution in [0.1, 0.15) is 53.7 Å². The van der Waals surface area contributed by atoms with Crippen LogP contribution in [0.4, 0.5) is 4.39 Å². The van der Waals surface area contributed by atoms with Crippen molar-refractivity contribution in [2.75, 3.05) is 0 Å². The van der Waals surface area contributed by atoms with Crippen LogP contribution >= 0.6 is 0 Å². The largest absolute Gasteiger partial charge is 0.447 e. The van der Waals surface area contributed by atoms with E-state index in [1.54, 1.807) is 24.3 Å². The zero-order valence-electron chi connectivity index (χ0n) is 18.8. The van der Waals surface area contributed by atoms with E-state index in [1.165, 1.54) is 42.8 Å². The topological polar surface area (TPSA) is 109 Å². The number of hydrogen-bond donors (Lipinski definition) is 2. The molecule has 0 bridgehead atoms. The SMILES string of the molecule is CC(C)(C)c1ocnc1C=c1[nH]c(=O)c(=Cc2cccc(C(=O)c3ccc(F)cc3)c2)[nH]c1=O. The fourth-order valence-corrected chi connectivity index (χ4v) is 3.46. The molecule has 8 heteroatoms. The van der Waals surface area contributed by atoms with Crippen molar-refractivity contribution >= 4 is 17.9 Å². The average Bonchev–Trinajstić information content (AvgIpc) is 3.26. The summed E-state index contributed by atoms with van der Waals surface area (Å²) >= 11 is 0. The van der Waals surface area contributed by atoms with E-state index in [9.17, 15) is 18.8 Å². The summed E-state index contributed by atoms with van der Waals surface area (Å²) in [6.45, 7) is 5.85. The molecule has 2 N–H and O–H groups in total. The summed E-state index contributed by atoms with van der Waals surface area (Å²) in [5, 5.41) is 0.0755. The van der Waals surface area contributed by atoms with E-state index < -0.39 is 16.9 Å². The van der Waals surface area contributed by atoms with Gasteiger partial charge in [0.05, 0.1) is 0 Å². The summed E-state index contributed by atoms with van der Waals surface area (Å²) < 4.78 is 18.6. The number of hydrogen-bond acceptors (Lipinski definition) is 5. The monoisotopic (exact) mass is 459 g/mol. The van der Waals surface area contributed by atoms with Crippen LogP contribution in [0.25, 0.3) is 12.2 Å². The zero-order valence-corrected chi connectivity index (χ0v) is 18.8. The third kappa shape index (κ3) is 4.85. The summed E-state index contributed by atoms with van der Waals surface area (Å²) in [5.41, 5.74) is 0.348. The lowest BCUT2D eigenvalue weighted by Gasteiger charge is -2.14. The summed E-state index contributed by atoms with van der Waals surface area (Å²) in [6.07, 6.45) is 4.24. The maximum absolute atomic E-state index is 13.1. The standard InChI is InChI=1S/C26H22FN3O4/c1-26(2,3)23-19(28-14-34-23)13-21-25(33)29-20(24(32)30-21)12-15-5-4-6-17(11-15)22(31)16-7-9-18(27)10-8-16/h4-14H,1-3H3,(H,29,33)(H,30,32). The molecule has 2 heterocycles. The Bertz CT molecular complexity index is 1600. The highest BCUT2D eigenvalue weighted by atomic mass is 19.1. The number of nitrogens with one attached hydrogen (secondary N) is 2. The number of ketones is 1. The Morgan fingerprint density at radius 1 is 0.941 bits per heavy atom. The Balaban J connectivity index is 1.72. The Labute approximate surface area is 193 Å². The average molecular weight is 459 g/mol. The molecule has 0 aliphatic heterocycles. The highest BCUT2D eigenvalue weighted by molar-refractivity contribution is 6.09. The van der Waals surface area contributed by atoms with Crippen molar-refractivity contribution < 1.29 is 13.6 Å². The van der Waals surface area contributed by atoms with Gasteiger partial charge in [0.1, 0.15) is 28.0 Å². The summed E-state index contributed by atoms with van der Waals surface area (Å²) in [4.78, 5) is 47.3. The molecule has 0 unspecified atom stereocenters. The molecule has 0 saturated carbocycles. The molecule has 0 aliphatic carbocycles. The fourth-order valence-electron chi connectivity index (χ4n) is 3.46. The number of nitrogens with zero attached hydrogens (tertiary/aromatic N) is 1. The highest BCUT2D eigenvalue weighted by Crippen LogP contribution is 2.25. The van der Waals surface area contributed by atoms with E-state index in [4.69, 9.17) is 4.42 Å². The third-order valence-corrected chi connectivity index (χ3v) is 5.11. The minimum atomic E-state index is -0.512. The minimum Gasteiger partial charge on any atom is -0.447 e. The second-order valence-corrected chi connectivity index (χ2v) is 8.80. The molecule has 0 fully saturated rings. The van der Waals surface area contributed by atoms with Gasteiger partial charge in [0, 0.05) is 16.5 Å². The van der Waals surface area contributed by atoms with E-state index >= 15 is 0 Å². The van der Waals surface area contributed by atoms with E-state index in [2.05, 4.69) is 15.0 Å². The van der Waals surface area contributed by atoms with Gasteiger partial charge in [-0.05, 0) is 48.0 Å². The van der Waals surface area contributed by atoms with Crippen LogP contribution < -0.4 is 21.8 Å². The first-order valence-electron chi connectivity index (χ1n) is 10.5. The summed E-state index contributed by atoms with van der Waals surface area (Å²) in [7, 11) is 0. The third-order valence-electron chi connectivity index (χ3n) is 5.11. The van der Waals surface area contributed by atoms with Crippen molar-refractivity contribution in [1.29, 1.82) is 0 Å². The number of halogens is 1. The molecule has 4 aromatic rings. The van der Waals surface area contributed by atoms with Gasteiger partial charge in [0.2, 0.25) is 0 Å². The second-order valence-electron chi connectivity index (χ2n) is 8.80. The van der Waals surface area contributed by atoms with Gasteiger partial charge in [0.15, 0.2) is 12.2 Å². The van der Waals surface area contributed by atoms with Crippen LogP contribution in [0.15, 0.2) is 68.9 Å². The van der Waals surface area contributed by atoms with E-state index in [0.717, 1.165) is 0 Å². The molecular formula is C26H22FN3O4. The second kappa shape index (κ2) is 8.90. The molecule has 0 atom stereocenters. The molecule has 0 saturated heterocycles. The van der Waals surface area contributed by atoms with Crippen molar-refractivity contribution in [3.63, 3.8) is 0 Å². The smallest absolute Gasteiger partial charge is 0.272 e. The van der Waals surface area contributed by atoms with Gasteiger partial charge in [-0.2, -0.15) is 0 Å². The fraction of sp³-hybridized carbons (Fsp3) is 0.154. The van der Waals surface area contributed by atoms with Gasteiger partial charge in [-0.3, -0.25) is 14.4 Å². The number of carbonyl (C=O) groups is 1. The van der Waals surface area contributed by atoms with E-state index in [-0.39, 0.29) is 21.9 Å². The van der Waals surface area contributed by atoms with Gasteiger partial charge in [-0.1, -0.05) is 39.0 Å². The van der Waals surface area contributed by atoms with Crippen LogP contribution in [-0.2, 0) is 5.41 Å².